The van der Waals surface area contributed by atoms with E-state index in [1.165, 1.54) is 6.07 Å². The first-order chi connectivity index (χ1) is 8.68. The molecule has 6 heteroatoms. The van der Waals surface area contributed by atoms with E-state index in [0.29, 0.717) is 11.7 Å². The van der Waals surface area contributed by atoms with E-state index in [0.717, 1.165) is 26.1 Å². The molecule has 18 heavy (non-hydrogen) atoms. The standard InChI is InChI=1S/C12H17N3O3/c1-9(10-4-7-18-8-5-10)14-12-11(15(16)17)3-2-6-13-12/h2-3,6,9-10H,4-5,7-8H2,1H3,(H,13,14). The number of rotatable bonds is 4. The largest absolute Gasteiger partial charge is 0.381 e. The SMILES string of the molecule is CC(Nc1ncccc1[N+](=O)[O-])C1CCOCC1. The monoisotopic (exact) mass is 251 g/mol. The van der Waals surface area contributed by atoms with Gasteiger partial charge in [-0.25, -0.2) is 4.98 Å². The number of ether oxygens (including phenoxy) is 1. The van der Waals surface area contributed by atoms with Gasteiger partial charge in [0.15, 0.2) is 0 Å². The van der Waals surface area contributed by atoms with Crippen molar-refractivity contribution in [3.05, 3.63) is 28.4 Å². The third-order valence-corrected chi connectivity index (χ3v) is 3.32. The van der Waals surface area contributed by atoms with Gasteiger partial charge in [0.05, 0.1) is 4.92 Å². The summed E-state index contributed by atoms with van der Waals surface area (Å²) in [6.45, 7) is 3.57. The highest BCUT2D eigenvalue weighted by molar-refractivity contribution is 5.55. The highest BCUT2D eigenvalue weighted by Gasteiger charge is 2.23. The van der Waals surface area contributed by atoms with Crippen molar-refractivity contribution >= 4 is 11.5 Å². The lowest BCUT2D eigenvalue weighted by Gasteiger charge is -2.28. The molecule has 1 saturated heterocycles. The van der Waals surface area contributed by atoms with Crippen molar-refractivity contribution in [1.82, 2.24) is 4.98 Å². The molecule has 1 aromatic heterocycles. The molecule has 1 aromatic rings. The predicted octanol–water partition coefficient (Wildman–Crippen LogP) is 2.22. The fourth-order valence-corrected chi connectivity index (χ4v) is 2.20. The maximum absolute atomic E-state index is 10.9. The molecule has 2 heterocycles. The van der Waals surface area contributed by atoms with Crippen molar-refractivity contribution in [1.29, 1.82) is 0 Å². The number of nitro groups is 1. The number of hydrogen-bond acceptors (Lipinski definition) is 5. The highest BCUT2D eigenvalue weighted by Crippen LogP contribution is 2.25. The molecule has 1 fully saturated rings. The average Bonchev–Trinajstić information content (AvgIpc) is 2.40. The van der Waals surface area contributed by atoms with E-state index < -0.39 is 4.92 Å². The van der Waals surface area contributed by atoms with Crippen LogP contribution in [0.5, 0.6) is 0 Å². The molecular weight excluding hydrogens is 234 g/mol. The molecule has 0 radical (unpaired) electrons. The molecule has 98 valence electrons. The molecule has 1 N–H and O–H groups in total. The van der Waals surface area contributed by atoms with Gasteiger partial charge in [-0.1, -0.05) is 0 Å². The Bertz CT molecular complexity index is 419. The third-order valence-electron chi connectivity index (χ3n) is 3.32. The fourth-order valence-electron chi connectivity index (χ4n) is 2.20. The van der Waals surface area contributed by atoms with Gasteiger partial charge in [0.25, 0.3) is 0 Å². The van der Waals surface area contributed by atoms with Gasteiger partial charge in [0, 0.05) is 31.5 Å². The summed E-state index contributed by atoms with van der Waals surface area (Å²) in [5.41, 5.74) is 0.0245. The number of nitrogens with one attached hydrogen (secondary N) is 1. The van der Waals surface area contributed by atoms with Crippen molar-refractivity contribution in [2.75, 3.05) is 18.5 Å². The molecule has 0 spiro atoms. The second kappa shape index (κ2) is 5.77. The van der Waals surface area contributed by atoms with E-state index in [1.807, 2.05) is 6.92 Å². The first kappa shape index (κ1) is 12.8. The van der Waals surface area contributed by atoms with Crippen molar-refractivity contribution in [3.8, 4) is 0 Å². The lowest BCUT2D eigenvalue weighted by Crippen LogP contribution is -2.31. The van der Waals surface area contributed by atoms with E-state index in [4.69, 9.17) is 4.74 Å². The molecule has 6 nitrogen and oxygen atoms in total. The fraction of sp³-hybridized carbons (Fsp3) is 0.583. The Balaban J connectivity index is 2.06. The summed E-state index contributed by atoms with van der Waals surface area (Å²) in [5, 5.41) is 14.0. The normalized spacial score (nSPS) is 18.3. The van der Waals surface area contributed by atoms with Crippen molar-refractivity contribution < 1.29 is 9.66 Å². The Morgan fingerprint density at radius 1 is 1.56 bits per heavy atom. The molecule has 1 atom stereocenters. The van der Waals surface area contributed by atoms with Crippen molar-refractivity contribution in [3.63, 3.8) is 0 Å². The lowest BCUT2D eigenvalue weighted by atomic mass is 9.93. The first-order valence-electron chi connectivity index (χ1n) is 6.12. The van der Waals surface area contributed by atoms with Crippen LogP contribution in [0.15, 0.2) is 18.3 Å². The summed E-state index contributed by atoms with van der Waals surface area (Å²) in [7, 11) is 0. The molecule has 0 aromatic carbocycles. The van der Waals surface area contributed by atoms with Crippen LogP contribution in [0.1, 0.15) is 19.8 Å². The molecule has 2 rings (SSSR count). The second-order valence-corrected chi connectivity index (χ2v) is 4.51. The van der Waals surface area contributed by atoms with E-state index in [9.17, 15) is 10.1 Å². The van der Waals surface area contributed by atoms with Crippen LogP contribution in [0.25, 0.3) is 0 Å². The van der Waals surface area contributed by atoms with Gasteiger partial charge in [-0.3, -0.25) is 10.1 Å². The molecule has 0 aliphatic carbocycles. The Labute approximate surface area is 106 Å². The minimum absolute atomic E-state index is 0.0245. The summed E-state index contributed by atoms with van der Waals surface area (Å²) in [4.78, 5) is 14.5. The van der Waals surface area contributed by atoms with Gasteiger partial charge in [0.1, 0.15) is 0 Å². The van der Waals surface area contributed by atoms with Crippen molar-refractivity contribution in [2.24, 2.45) is 5.92 Å². The number of anilines is 1. The quantitative estimate of drug-likeness (QED) is 0.655. The van der Waals surface area contributed by atoms with Crippen molar-refractivity contribution in [2.45, 2.75) is 25.8 Å². The zero-order valence-corrected chi connectivity index (χ0v) is 10.3. The van der Waals surface area contributed by atoms with Crippen LogP contribution in [-0.4, -0.2) is 29.2 Å². The molecule has 0 bridgehead atoms. The number of aromatic nitrogens is 1. The van der Waals surface area contributed by atoms with Gasteiger partial charge in [-0.2, -0.15) is 0 Å². The maximum atomic E-state index is 10.9. The van der Waals surface area contributed by atoms with Crippen LogP contribution in [0, 0.1) is 16.0 Å². The summed E-state index contributed by atoms with van der Waals surface area (Å²) >= 11 is 0. The van der Waals surface area contributed by atoms with E-state index in [-0.39, 0.29) is 11.7 Å². The number of pyridine rings is 1. The minimum atomic E-state index is -0.411. The van der Waals surface area contributed by atoms with E-state index >= 15 is 0 Å². The Morgan fingerprint density at radius 2 is 2.28 bits per heavy atom. The molecule has 1 aliphatic rings. The molecule has 1 aliphatic heterocycles. The zero-order valence-electron chi connectivity index (χ0n) is 10.3. The Hall–Kier alpha value is -1.69. The molecular formula is C12H17N3O3. The molecule has 0 saturated carbocycles. The number of hydrogen-bond donors (Lipinski definition) is 1. The molecule has 0 amide bonds. The third kappa shape index (κ3) is 2.95. The lowest BCUT2D eigenvalue weighted by molar-refractivity contribution is -0.384. The second-order valence-electron chi connectivity index (χ2n) is 4.51. The van der Waals surface area contributed by atoms with Crippen LogP contribution in [0.2, 0.25) is 0 Å². The highest BCUT2D eigenvalue weighted by atomic mass is 16.6. The van der Waals surface area contributed by atoms with E-state index in [2.05, 4.69) is 10.3 Å². The summed E-state index contributed by atoms with van der Waals surface area (Å²) in [5.74, 6) is 0.821. The van der Waals surface area contributed by atoms with Gasteiger partial charge in [0.2, 0.25) is 5.82 Å². The topological polar surface area (TPSA) is 77.3 Å². The minimum Gasteiger partial charge on any atom is -0.381 e. The van der Waals surface area contributed by atoms with Crippen LogP contribution in [-0.2, 0) is 4.74 Å². The average molecular weight is 251 g/mol. The smallest absolute Gasteiger partial charge is 0.311 e. The van der Waals surface area contributed by atoms with Gasteiger partial charge < -0.3 is 10.1 Å². The number of nitrogens with zero attached hydrogens (tertiary/aromatic N) is 2. The first-order valence-corrected chi connectivity index (χ1v) is 6.12. The van der Waals surface area contributed by atoms with Gasteiger partial charge in [-0.15, -0.1) is 0 Å². The summed E-state index contributed by atoms with van der Waals surface area (Å²) in [6, 6.07) is 3.19. The Morgan fingerprint density at radius 3 is 2.94 bits per heavy atom. The van der Waals surface area contributed by atoms with Crippen LogP contribution in [0.4, 0.5) is 11.5 Å². The van der Waals surface area contributed by atoms with Gasteiger partial charge >= 0.3 is 5.69 Å². The summed E-state index contributed by atoms with van der Waals surface area (Å²) in [6.07, 6.45) is 3.52. The Kier molecular flexibility index (Phi) is 4.09. The van der Waals surface area contributed by atoms with E-state index in [1.54, 1.807) is 12.3 Å². The van der Waals surface area contributed by atoms with Crippen LogP contribution in [0.3, 0.4) is 0 Å². The zero-order chi connectivity index (χ0) is 13.0. The predicted molar refractivity (Wildman–Crippen MR) is 67.5 cm³/mol. The summed E-state index contributed by atoms with van der Waals surface area (Å²) < 4.78 is 5.31. The van der Waals surface area contributed by atoms with Crippen LogP contribution < -0.4 is 5.32 Å². The maximum Gasteiger partial charge on any atom is 0.311 e. The van der Waals surface area contributed by atoms with Gasteiger partial charge in [-0.05, 0) is 31.7 Å². The molecule has 1 unspecified atom stereocenters. The van der Waals surface area contributed by atoms with Crippen LogP contribution >= 0.6 is 0 Å².